The van der Waals surface area contributed by atoms with Crippen molar-refractivity contribution in [2.45, 2.75) is 39.2 Å². The van der Waals surface area contributed by atoms with Crippen LogP contribution in [-0.2, 0) is 6.42 Å². The Kier molecular flexibility index (Phi) is 3.95. The summed E-state index contributed by atoms with van der Waals surface area (Å²) in [5.74, 6) is 1.72. The first kappa shape index (κ1) is 14.2. The summed E-state index contributed by atoms with van der Waals surface area (Å²) in [7, 11) is 0. The van der Waals surface area contributed by atoms with Crippen LogP contribution in [0.1, 0.15) is 32.3 Å². The van der Waals surface area contributed by atoms with Gasteiger partial charge in [-0.1, -0.05) is 13.8 Å². The Balaban J connectivity index is 1.82. The molecule has 3 rings (SSSR count). The third-order valence-corrected chi connectivity index (χ3v) is 4.53. The van der Waals surface area contributed by atoms with E-state index in [0.717, 1.165) is 28.9 Å². The highest BCUT2D eigenvalue weighted by Crippen LogP contribution is 2.40. The van der Waals surface area contributed by atoms with Crippen molar-refractivity contribution in [3.8, 4) is 11.5 Å². The summed E-state index contributed by atoms with van der Waals surface area (Å²) in [6.45, 7) is 6.84. The predicted molar refractivity (Wildman–Crippen MR) is 83.6 cm³/mol. The van der Waals surface area contributed by atoms with Gasteiger partial charge in [0.05, 0.1) is 17.7 Å². The summed E-state index contributed by atoms with van der Waals surface area (Å²) >= 11 is 3.63. The molecule has 1 unspecified atom stereocenters. The molecule has 1 aromatic rings. The lowest BCUT2D eigenvalue weighted by Gasteiger charge is -2.19. The van der Waals surface area contributed by atoms with E-state index >= 15 is 0 Å². The molecule has 2 aliphatic rings. The molecule has 1 saturated heterocycles. The number of hydrogen-bond donors (Lipinski definition) is 1. The number of ether oxygens (including phenoxy) is 2. The Morgan fingerprint density at radius 1 is 1.30 bits per heavy atom. The van der Waals surface area contributed by atoms with Crippen molar-refractivity contribution in [1.29, 1.82) is 0 Å². The molecule has 1 fully saturated rings. The molecule has 4 heteroatoms. The summed E-state index contributed by atoms with van der Waals surface area (Å²) in [4.78, 5) is 0. The maximum absolute atomic E-state index is 5.97. The van der Waals surface area contributed by atoms with Crippen LogP contribution in [0.4, 0.5) is 0 Å². The van der Waals surface area contributed by atoms with E-state index in [4.69, 9.17) is 9.47 Å². The quantitative estimate of drug-likeness (QED) is 0.893. The molecule has 1 N–H and O–H groups in total. The van der Waals surface area contributed by atoms with E-state index in [1.165, 1.54) is 18.4 Å². The second-order valence-electron chi connectivity index (χ2n) is 6.64. The van der Waals surface area contributed by atoms with Crippen LogP contribution >= 0.6 is 15.9 Å². The Morgan fingerprint density at radius 3 is 2.85 bits per heavy atom. The molecule has 0 bridgehead atoms. The van der Waals surface area contributed by atoms with Crippen molar-refractivity contribution in [3.63, 3.8) is 0 Å². The number of halogens is 1. The molecule has 3 nitrogen and oxygen atoms in total. The molecule has 2 aliphatic heterocycles. The van der Waals surface area contributed by atoms with Crippen LogP contribution in [-0.4, -0.2) is 25.8 Å². The number of fused-ring (bicyclic) bond motifs is 1. The van der Waals surface area contributed by atoms with Gasteiger partial charge in [-0.05, 0) is 59.4 Å². The maximum atomic E-state index is 5.97. The van der Waals surface area contributed by atoms with E-state index < -0.39 is 0 Å². The topological polar surface area (TPSA) is 30.5 Å². The van der Waals surface area contributed by atoms with Crippen LogP contribution in [0.25, 0.3) is 0 Å². The largest absolute Gasteiger partial charge is 0.489 e. The minimum absolute atomic E-state index is 0.0473. The van der Waals surface area contributed by atoms with Crippen LogP contribution in [0.2, 0.25) is 0 Å². The average Bonchev–Trinajstić information content (AvgIpc) is 2.82. The minimum Gasteiger partial charge on any atom is -0.489 e. The lowest BCUT2D eigenvalue weighted by molar-refractivity contribution is 0.140. The smallest absolute Gasteiger partial charge is 0.175 e. The molecule has 0 radical (unpaired) electrons. The van der Waals surface area contributed by atoms with Crippen LogP contribution in [0.3, 0.4) is 0 Å². The summed E-state index contributed by atoms with van der Waals surface area (Å²) in [5, 5.41) is 3.54. The fourth-order valence-electron chi connectivity index (χ4n) is 2.78. The third kappa shape index (κ3) is 3.12. The standard InChI is InChI=1S/C16H22BrNO2/c1-16(2)9-19-14-8-11(6-12-4-3-5-18-12)7-13(17)15(14)20-10-16/h7-8,12,18H,3-6,9-10H2,1-2H3. The summed E-state index contributed by atoms with van der Waals surface area (Å²) in [5.41, 5.74) is 1.35. The fourth-order valence-corrected chi connectivity index (χ4v) is 3.39. The van der Waals surface area contributed by atoms with E-state index in [-0.39, 0.29) is 5.41 Å². The number of nitrogens with one attached hydrogen (secondary N) is 1. The first-order valence-electron chi connectivity index (χ1n) is 7.35. The van der Waals surface area contributed by atoms with Gasteiger partial charge in [0.1, 0.15) is 0 Å². The monoisotopic (exact) mass is 339 g/mol. The van der Waals surface area contributed by atoms with E-state index in [1.54, 1.807) is 0 Å². The van der Waals surface area contributed by atoms with Crippen LogP contribution in [0, 0.1) is 5.41 Å². The molecule has 0 aliphatic carbocycles. The first-order chi connectivity index (χ1) is 9.53. The summed E-state index contributed by atoms with van der Waals surface area (Å²) < 4.78 is 12.9. The molecule has 1 aromatic carbocycles. The number of benzene rings is 1. The van der Waals surface area contributed by atoms with E-state index in [0.29, 0.717) is 19.3 Å². The maximum Gasteiger partial charge on any atom is 0.175 e. The van der Waals surface area contributed by atoms with Crippen LogP contribution in [0.15, 0.2) is 16.6 Å². The van der Waals surface area contributed by atoms with Gasteiger partial charge in [0.25, 0.3) is 0 Å². The normalized spacial score (nSPS) is 24.4. The van der Waals surface area contributed by atoms with Gasteiger partial charge in [-0.2, -0.15) is 0 Å². The molecular formula is C16H22BrNO2. The highest BCUT2D eigenvalue weighted by molar-refractivity contribution is 9.10. The van der Waals surface area contributed by atoms with E-state index in [2.05, 4.69) is 47.2 Å². The molecule has 0 spiro atoms. The van der Waals surface area contributed by atoms with Gasteiger partial charge in [-0.25, -0.2) is 0 Å². The summed E-state index contributed by atoms with van der Waals surface area (Å²) in [6, 6.07) is 4.91. The summed E-state index contributed by atoms with van der Waals surface area (Å²) in [6.07, 6.45) is 3.60. The van der Waals surface area contributed by atoms with Crippen LogP contribution < -0.4 is 14.8 Å². The van der Waals surface area contributed by atoms with Crippen molar-refractivity contribution in [2.24, 2.45) is 5.41 Å². The zero-order valence-corrected chi connectivity index (χ0v) is 13.8. The molecule has 2 heterocycles. The first-order valence-corrected chi connectivity index (χ1v) is 8.14. The zero-order chi connectivity index (χ0) is 14.2. The Bertz CT molecular complexity index is 495. The lowest BCUT2D eigenvalue weighted by Crippen LogP contribution is -2.26. The second kappa shape index (κ2) is 5.57. The molecule has 0 saturated carbocycles. The Hall–Kier alpha value is -0.740. The highest BCUT2D eigenvalue weighted by Gasteiger charge is 2.27. The second-order valence-corrected chi connectivity index (χ2v) is 7.50. The van der Waals surface area contributed by atoms with Crippen molar-refractivity contribution in [1.82, 2.24) is 5.32 Å². The number of rotatable bonds is 2. The van der Waals surface area contributed by atoms with Crippen molar-refractivity contribution >= 4 is 15.9 Å². The molecule has 20 heavy (non-hydrogen) atoms. The zero-order valence-electron chi connectivity index (χ0n) is 12.2. The molecule has 0 amide bonds. The van der Waals surface area contributed by atoms with Gasteiger partial charge in [-0.3, -0.25) is 0 Å². The molecule has 110 valence electrons. The lowest BCUT2D eigenvalue weighted by atomic mass is 9.97. The third-order valence-electron chi connectivity index (χ3n) is 3.94. The van der Waals surface area contributed by atoms with Gasteiger partial charge >= 0.3 is 0 Å². The van der Waals surface area contributed by atoms with Crippen molar-refractivity contribution < 1.29 is 9.47 Å². The number of hydrogen-bond acceptors (Lipinski definition) is 3. The van der Waals surface area contributed by atoms with Gasteiger partial charge in [0, 0.05) is 11.5 Å². The molecular weight excluding hydrogens is 318 g/mol. The Morgan fingerprint density at radius 2 is 2.10 bits per heavy atom. The minimum atomic E-state index is 0.0473. The SMILES string of the molecule is CC1(C)COc2cc(CC3CCCN3)cc(Br)c2OC1. The van der Waals surface area contributed by atoms with Gasteiger partial charge in [0.2, 0.25) is 0 Å². The van der Waals surface area contributed by atoms with E-state index in [9.17, 15) is 0 Å². The van der Waals surface area contributed by atoms with Gasteiger partial charge in [-0.15, -0.1) is 0 Å². The molecule has 1 atom stereocenters. The average molecular weight is 340 g/mol. The fraction of sp³-hybridized carbons (Fsp3) is 0.625. The molecule has 0 aromatic heterocycles. The van der Waals surface area contributed by atoms with Crippen molar-refractivity contribution in [2.75, 3.05) is 19.8 Å². The Labute approximate surface area is 129 Å². The van der Waals surface area contributed by atoms with Gasteiger partial charge < -0.3 is 14.8 Å². The predicted octanol–water partition coefficient (Wildman–Crippen LogP) is 3.54. The van der Waals surface area contributed by atoms with Crippen molar-refractivity contribution in [3.05, 3.63) is 22.2 Å². The van der Waals surface area contributed by atoms with Crippen LogP contribution in [0.5, 0.6) is 11.5 Å². The highest BCUT2D eigenvalue weighted by atomic mass is 79.9. The van der Waals surface area contributed by atoms with E-state index in [1.807, 2.05) is 0 Å². The van der Waals surface area contributed by atoms with Gasteiger partial charge in [0.15, 0.2) is 11.5 Å².